The standard InChI is InChI=1S/C18H25BrN2O2/c1-23-17-5-4-14(12-16(17)19)13-20-10-6-15(7-11-20)18(22)21-8-2-3-9-21/h4-5,12,15H,2-3,6-11,13H2,1H3. The van der Waals surface area contributed by atoms with Gasteiger partial charge in [-0.15, -0.1) is 0 Å². The highest BCUT2D eigenvalue weighted by Gasteiger charge is 2.29. The van der Waals surface area contributed by atoms with Crippen molar-refractivity contribution in [3.05, 3.63) is 28.2 Å². The molecule has 23 heavy (non-hydrogen) atoms. The van der Waals surface area contributed by atoms with Gasteiger partial charge in [-0.2, -0.15) is 0 Å². The van der Waals surface area contributed by atoms with Crippen molar-refractivity contribution >= 4 is 21.8 Å². The van der Waals surface area contributed by atoms with E-state index in [1.807, 2.05) is 6.07 Å². The Balaban J connectivity index is 1.51. The van der Waals surface area contributed by atoms with Gasteiger partial charge in [0.2, 0.25) is 5.91 Å². The molecule has 0 bridgehead atoms. The smallest absolute Gasteiger partial charge is 0.225 e. The van der Waals surface area contributed by atoms with Crippen LogP contribution in [0.3, 0.4) is 0 Å². The lowest BCUT2D eigenvalue weighted by Gasteiger charge is -2.33. The van der Waals surface area contributed by atoms with E-state index in [-0.39, 0.29) is 5.92 Å². The van der Waals surface area contributed by atoms with Crippen molar-refractivity contribution in [1.29, 1.82) is 0 Å². The zero-order valence-electron chi connectivity index (χ0n) is 13.8. The number of ether oxygens (including phenoxy) is 1. The Bertz CT molecular complexity index is 550. The molecule has 2 saturated heterocycles. The van der Waals surface area contributed by atoms with Crippen molar-refractivity contribution in [3.63, 3.8) is 0 Å². The number of methoxy groups -OCH3 is 1. The Labute approximate surface area is 146 Å². The van der Waals surface area contributed by atoms with Crippen LogP contribution in [0.5, 0.6) is 5.75 Å². The van der Waals surface area contributed by atoms with Crippen LogP contribution in [0.2, 0.25) is 0 Å². The number of benzene rings is 1. The number of nitrogens with zero attached hydrogens (tertiary/aromatic N) is 2. The molecular formula is C18H25BrN2O2. The predicted octanol–water partition coefficient (Wildman–Crippen LogP) is 3.29. The Morgan fingerprint density at radius 2 is 1.91 bits per heavy atom. The van der Waals surface area contributed by atoms with E-state index in [2.05, 4.69) is 37.9 Å². The number of hydrogen-bond acceptors (Lipinski definition) is 3. The molecule has 2 aliphatic rings. The fraction of sp³-hybridized carbons (Fsp3) is 0.611. The minimum Gasteiger partial charge on any atom is -0.496 e. The van der Waals surface area contributed by atoms with Gasteiger partial charge in [-0.1, -0.05) is 6.07 Å². The summed E-state index contributed by atoms with van der Waals surface area (Å²) in [5.74, 6) is 1.50. The van der Waals surface area contributed by atoms with Crippen molar-refractivity contribution in [2.24, 2.45) is 5.92 Å². The van der Waals surface area contributed by atoms with Gasteiger partial charge in [0.25, 0.3) is 0 Å². The van der Waals surface area contributed by atoms with Crippen molar-refractivity contribution in [1.82, 2.24) is 9.80 Å². The molecule has 0 atom stereocenters. The van der Waals surface area contributed by atoms with E-state index in [1.165, 1.54) is 18.4 Å². The number of amides is 1. The second kappa shape index (κ2) is 7.67. The maximum atomic E-state index is 12.5. The van der Waals surface area contributed by atoms with Gasteiger partial charge in [-0.3, -0.25) is 9.69 Å². The molecule has 0 aromatic heterocycles. The van der Waals surface area contributed by atoms with Crippen LogP contribution in [0.1, 0.15) is 31.2 Å². The molecular weight excluding hydrogens is 356 g/mol. The van der Waals surface area contributed by atoms with Gasteiger partial charge in [0.05, 0.1) is 11.6 Å². The van der Waals surface area contributed by atoms with Gasteiger partial charge >= 0.3 is 0 Å². The molecule has 4 nitrogen and oxygen atoms in total. The number of hydrogen-bond donors (Lipinski definition) is 0. The lowest BCUT2D eigenvalue weighted by Crippen LogP contribution is -2.41. The third-order valence-corrected chi connectivity index (χ3v) is 5.60. The monoisotopic (exact) mass is 380 g/mol. The van der Waals surface area contributed by atoms with Crippen LogP contribution in [0, 0.1) is 5.92 Å². The summed E-state index contributed by atoms with van der Waals surface area (Å²) in [6, 6.07) is 6.24. The van der Waals surface area contributed by atoms with Crippen LogP contribution in [-0.4, -0.2) is 49.0 Å². The van der Waals surface area contributed by atoms with E-state index < -0.39 is 0 Å². The summed E-state index contributed by atoms with van der Waals surface area (Å²) in [7, 11) is 1.68. The largest absolute Gasteiger partial charge is 0.496 e. The van der Waals surface area contributed by atoms with Gasteiger partial charge in [0.1, 0.15) is 5.75 Å². The summed E-state index contributed by atoms with van der Waals surface area (Å²) in [4.78, 5) is 17.0. The molecule has 2 aliphatic heterocycles. The fourth-order valence-electron chi connectivity index (χ4n) is 3.60. The first kappa shape index (κ1) is 16.8. The van der Waals surface area contributed by atoms with E-state index in [0.29, 0.717) is 5.91 Å². The second-order valence-electron chi connectivity index (χ2n) is 6.55. The number of carbonyl (C=O) groups is 1. The lowest BCUT2D eigenvalue weighted by molar-refractivity contribution is -0.136. The van der Waals surface area contributed by atoms with Crippen molar-refractivity contribution in [2.45, 2.75) is 32.2 Å². The molecule has 0 aliphatic carbocycles. The maximum Gasteiger partial charge on any atom is 0.225 e. The average Bonchev–Trinajstić information content (AvgIpc) is 3.09. The van der Waals surface area contributed by atoms with Gasteiger partial charge in [-0.05, 0) is 72.4 Å². The number of piperidine rings is 1. The first-order valence-electron chi connectivity index (χ1n) is 8.51. The molecule has 1 amide bonds. The molecule has 1 aromatic carbocycles. The third-order valence-electron chi connectivity index (χ3n) is 4.98. The van der Waals surface area contributed by atoms with Crippen molar-refractivity contribution in [2.75, 3.05) is 33.3 Å². The normalized spacial score (nSPS) is 20.0. The number of carbonyl (C=O) groups excluding carboxylic acids is 1. The first-order valence-corrected chi connectivity index (χ1v) is 9.30. The fourth-order valence-corrected chi connectivity index (χ4v) is 4.19. The summed E-state index contributed by atoms with van der Waals surface area (Å²) in [6.07, 6.45) is 4.34. The van der Waals surface area contributed by atoms with Gasteiger partial charge < -0.3 is 9.64 Å². The average molecular weight is 381 g/mol. The van der Waals surface area contributed by atoms with Crippen LogP contribution >= 0.6 is 15.9 Å². The topological polar surface area (TPSA) is 32.8 Å². The highest BCUT2D eigenvalue weighted by Crippen LogP contribution is 2.27. The molecule has 2 heterocycles. The quantitative estimate of drug-likeness (QED) is 0.803. The number of likely N-dealkylation sites (tertiary alicyclic amines) is 2. The molecule has 0 spiro atoms. The number of rotatable bonds is 4. The van der Waals surface area contributed by atoms with E-state index in [0.717, 1.165) is 55.8 Å². The van der Waals surface area contributed by atoms with E-state index in [9.17, 15) is 4.79 Å². The minimum atomic E-state index is 0.243. The second-order valence-corrected chi connectivity index (χ2v) is 7.41. The maximum absolute atomic E-state index is 12.5. The Morgan fingerprint density at radius 3 is 2.52 bits per heavy atom. The predicted molar refractivity (Wildman–Crippen MR) is 94.5 cm³/mol. The van der Waals surface area contributed by atoms with Gasteiger partial charge in [0.15, 0.2) is 0 Å². The number of halogens is 1. The molecule has 5 heteroatoms. The van der Waals surface area contributed by atoms with Crippen LogP contribution in [0.25, 0.3) is 0 Å². The van der Waals surface area contributed by atoms with E-state index in [4.69, 9.17) is 4.74 Å². The molecule has 0 unspecified atom stereocenters. The van der Waals surface area contributed by atoms with Gasteiger partial charge in [-0.25, -0.2) is 0 Å². The molecule has 3 rings (SSSR count). The highest BCUT2D eigenvalue weighted by molar-refractivity contribution is 9.10. The summed E-state index contributed by atoms with van der Waals surface area (Å²) in [6.45, 7) is 4.90. The van der Waals surface area contributed by atoms with Crippen molar-refractivity contribution in [3.8, 4) is 5.75 Å². The SMILES string of the molecule is COc1ccc(CN2CCC(C(=O)N3CCCC3)CC2)cc1Br. The summed E-state index contributed by atoms with van der Waals surface area (Å²) >= 11 is 3.54. The van der Waals surface area contributed by atoms with Crippen LogP contribution in [-0.2, 0) is 11.3 Å². The highest BCUT2D eigenvalue weighted by atomic mass is 79.9. The zero-order chi connectivity index (χ0) is 16.2. The molecule has 2 fully saturated rings. The van der Waals surface area contributed by atoms with E-state index >= 15 is 0 Å². The Morgan fingerprint density at radius 1 is 1.22 bits per heavy atom. The Hall–Kier alpha value is -1.07. The van der Waals surface area contributed by atoms with Crippen molar-refractivity contribution < 1.29 is 9.53 Å². The summed E-state index contributed by atoms with van der Waals surface area (Å²) in [5, 5.41) is 0. The molecule has 0 radical (unpaired) electrons. The zero-order valence-corrected chi connectivity index (χ0v) is 15.3. The molecule has 0 N–H and O–H groups in total. The first-order chi connectivity index (χ1) is 11.2. The van der Waals surface area contributed by atoms with Crippen LogP contribution < -0.4 is 4.74 Å². The Kier molecular flexibility index (Phi) is 5.59. The van der Waals surface area contributed by atoms with Crippen LogP contribution in [0.4, 0.5) is 0 Å². The minimum absolute atomic E-state index is 0.243. The molecule has 126 valence electrons. The van der Waals surface area contributed by atoms with Crippen LogP contribution in [0.15, 0.2) is 22.7 Å². The summed E-state index contributed by atoms with van der Waals surface area (Å²) in [5.41, 5.74) is 1.28. The lowest BCUT2D eigenvalue weighted by atomic mass is 9.95. The van der Waals surface area contributed by atoms with E-state index in [1.54, 1.807) is 7.11 Å². The molecule has 0 saturated carbocycles. The molecule has 1 aromatic rings. The third kappa shape index (κ3) is 4.07. The summed E-state index contributed by atoms with van der Waals surface area (Å²) < 4.78 is 6.27. The van der Waals surface area contributed by atoms with Gasteiger partial charge in [0, 0.05) is 25.6 Å².